The van der Waals surface area contributed by atoms with Gasteiger partial charge in [0.2, 0.25) is 0 Å². The van der Waals surface area contributed by atoms with Gasteiger partial charge in [-0.2, -0.15) is 0 Å². The number of methoxy groups -OCH3 is 3. The van der Waals surface area contributed by atoms with Gasteiger partial charge in [0.25, 0.3) is 0 Å². The van der Waals surface area contributed by atoms with Crippen LogP contribution in [0.2, 0.25) is 0 Å². The van der Waals surface area contributed by atoms with Crippen LogP contribution in [0.5, 0.6) is 0 Å². The maximum atomic E-state index is 13.4. The summed E-state index contributed by atoms with van der Waals surface area (Å²) in [6.45, 7) is 0.663. The molecule has 1 saturated carbocycles. The summed E-state index contributed by atoms with van der Waals surface area (Å²) in [6.07, 6.45) is 1.33. The second-order valence-electron chi connectivity index (χ2n) is 7.96. The van der Waals surface area contributed by atoms with E-state index < -0.39 is 27.8 Å². The number of carbonyl (C=O) groups is 1. The minimum atomic E-state index is -1.32. The topological polar surface area (TPSA) is 101 Å². The molecule has 2 fully saturated rings. The smallest absolute Gasteiger partial charge is 0.183 e. The number of aliphatic hydroxyl groups excluding tert-OH is 1. The molecule has 1 saturated heterocycles. The van der Waals surface area contributed by atoms with E-state index in [0.717, 1.165) is 0 Å². The van der Waals surface area contributed by atoms with Gasteiger partial charge in [-0.25, -0.2) is 0 Å². The lowest BCUT2D eigenvalue weighted by Gasteiger charge is -2.53. The number of likely N-dealkylation sites (tertiary alicyclic amines) is 1. The SMILES string of the molecule is COC1=CC(=O)[C@@]2([C@@H]1O)[C@@H](Cl)C[C@@]13C(OC)=C(OC)/C(=N\O)CC21CCN3C. The van der Waals surface area contributed by atoms with Gasteiger partial charge in [-0.3, -0.25) is 9.69 Å². The summed E-state index contributed by atoms with van der Waals surface area (Å²) in [6, 6.07) is 0. The zero-order chi connectivity index (χ0) is 20.5. The zero-order valence-corrected chi connectivity index (χ0v) is 17.1. The maximum absolute atomic E-state index is 13.4. The van der Waals surface area contributed by atoms with Gasteiger partial charge in [0, 0.05) is 17.9 Å². The highest BCUT2D eigenvalue weighted by Crippen LogP contribution is 2.75. The molecule has 0 aromatic heterocycles. The zero-order valence-electron chi connectivity index (χ0n) is 16.4. The largest absolute Gasteiger partial charge is 0.498 e. The van der Waals surface area contributed by atoms with Gasteiger partial charge in [0.1, 0.15) is 17.6 Å². The Bertz CT molecular complexity index is 825. The Morgan fingerprint density at radius 2 is 2.00 bits per heavy atom. The number of aliphatic hydroxyl groups is 1. The number of ether oxygens (including phenoxy) is 3. The number of allylic oxidation sites excluding steroid dienone is 2. The average molecular weight is 413 g/mol. The molecule has 9 heteroatoms. The van der Waals surface area contributed by atoms with Gasteiger partial charge >= 0.3 is 0 Å². The first kappa shape index (κ1) is 19.5. The fourth-order valence-corrected chi connectivity index (χ4v) is 7.18. The number of hydrogen-bond donors (Lipinski definition) is 2. The van der Waals surface area contributed by atoms with Crippen molar-refractivity contribution in [2.45, 2.75) is 36.3 Å². The van der Waals surface area contributed by atoms with Crippen LogP contribution in [0, 0.1) is 10.8 Å². The van der Waals surface area contributed by atoms with Crippen LogP contribution in [0.1, 0.15) is 19.3 Å². The Balaban J connectivity index is 2.06. The van der Waals surface area contributed by atoms with Crippen LogP contribution in [-0.4, -0.2) is 78.7 Å². The normalized spacial score (nSPS) is 44.1. The predicted octanol–water partition coefficient (Wildman–Crippen LogP) is 1.26. The second kappa shape index (κ2) is 6.11. The number of ketones is 1. The average Bonchev–Trinajstić information content (AvgIpc) is 3.21. The minimum Gasteiger partial charge on any atom is -0.498 e. The molecule has 4 rings (SSSR count). The van der Waals surface area contributed by atoms with Crippen LogP contribution in [0.15, 0.2) is 28.5 Å². The number of rotatable bonds is 3. The van der Waals surface area contributed by atoms with Crippen molar-refractivity contribution >= 4 is 23.1 Å². The summed E-state index contributed by atoms with van der Waals surface area (Å²) >= 11 is 6.91. The molecule has 1 spiro atoms. The quantitative estimate of drug-likeness (QED) is 0.409. The molecular formula is C19H25ClN2O6. The molecule has 0 amide bonds. The van der Waals surface area contributed by atoms with E-state index in [0.29, 0.717) is 30.9 Å². The molecule has 5 atom stereocenters. The molecule has 0 radical (unpaired) electrons. The molecule has 3 aliphatic carbocycles. The summed E-state index contributed by atoms with van der Waals surface area (Å²) in [5, 5.41) is 23.8. The third kappa shape index (κ3) is 1.76. The molecule has 8 nitrogen and oxygen atoms in total. The molecule has 2 N–H and O–H groups in total. The van der Waals surface area contributed by atoms with Gasteiger partial charge in [0.15, 0.2) is 17.3 Å². The molecule has 1 aliphatic heterocycles. The van der Waals surface area contributed by atoms with E-state index in [1.165, 1.54) is 27.4 Å². The minimum absolute atomic E-state index is 0.207. The molecule has 0 aromatic rings. The maximum Gasteiger partial charge on any atom is 0.183 e. The number of halogens is 1. The van der Waals surface area contributed by atoms with E-state index in [4.69, 9.17) is 25.8 Å². The molecule has 4 aliphatic rings. The summed E-state index contributed by atoms with van der Waals surface area (Å²) in [4.78, 5) is 15.5. The van der Waals surface area contributed by atoms with Gasteiger partial charge < -0.3 is 24.5 Å². The first-order valence-corrected chi connectivity index (χ1v) is 9.63. The molecular weight excluding hydrogens is 388 g/mol. The standard InChI is InChI=1S/C19H25ClN2O6/c1-22-6-5-17-8-10(21-25)14(27-3)16(28-4)18(17,22)9-12(20)19(17)13(23)7-11(26-2)15(19)24/h7,12,15,24-25H,5-6,8-9H2,1-4H3/b21-10-/t12-,15+,17?,18+,19+/m0/s1. The van der Waals surface area contributed by atoms with Crippen molar-refractivity contribution in [3.8, 4) is 0 Å². The summed E-state index contributed by atoms with van der Waals surface area (Å²) < 4.78 is 16.6. The fourth-order valence-electron chi connectivity index (χ4n) is 6.52. The monoisotopic (exact) mass is 412 g/mol. The van der Waals surface area contributed by atoms with Gasteiger partial charge in [-0.15, -0.1) is 11.6 Å². The van der Waals surface area contributed by atoms with Crippen LogP contribution >= 0.6 is 11.6 Å². The molecule has 28 heavy (non-hydrogen) atoms. The second-order valence-corrected chi connectivity index (χ2v) is 8.49. The third-order valence-electron chi connectivity index (χ3n) is 7.54. The Labute approximate surface area is 168 Å². The highest BCUT2D eigenvalue weighted by molar-refractivity contribution is 6.25. The molecule has 1 unspecified atom stereocenters. The number of alkyl halides is 1. The van der Waals surface area contributed by atoms with Gasteiger partial charge in [0.05, 0.1) is 37.7 Å². The van der Waals surface area contributed by atoms with Crippen molar-refractivity contribution in [2.75, 3.05) is 34.9 Å². The first-order valence-electron chi connectivity index (χ1n) is 9.19. The number of likely N-dealkylation sites (N-methyl/N-ethyl adjacent to an activating group) is 1. The Kier molecular flexibility index (Phi) is 4.27. The number of oxime groups is 1. The lowest BCUT2D eigenvalue weighted by atomic mass is 9.52. The highest BCUT2D eigenvalue weighted by atomic mass is 35.5. The van der Waals surface area contributed by atoms with Crippen LogP contribution in [0.4, 0.5) is 0 Å². The number of nitrogens with zero attached hydrogens (tertiary/aromatic N) is 2. The van der Waals surface area contributed by atoms with Crippen molar-refractivity contribution < 1.29 is 29.3 Å². The molecule has 0 bridgehead atoms. The lowest BCUT2D eigenvalue weighted by molar-refractivity contribution is -0.141. The number of carbonyl (C=O) groups excluding carboxylic acids is 1. The van der Waals surface area contributed by atoms with E-state index in [9.17, 15) is 15.1 Å². The van der Waals surface area contributed by atoms with Crippen LogP contribution in [0.25, 0.3) is 0 Å². The van der Waals surface area contributed by atoms with Crippen molar-refractivity contribution in [3.63, 3.8) is 0 Å². The van der Waals surface area contributed by atoms with Crippen molar-refractivity contribution in [2.24, 2.45) is 16.0 Å². The van der Waals surface area contributed by atoms with E-state index in [1.54, 1.807) is 0 Å². The lowest BCUT2D eigenvalue weighted by Crippen LogP contribution is -2.63. The summed E-state index contributed by atoms with van der Waals surface area (Å²) in [5.74, 6) is 0.763. The van der Waals surface area contributed by atoms with Gasteiger partial charge in [-0.05, 0) is 26.4 Å². The van der Waals surface area contributed by atoms with Crippen molar-refractivity contribution in [1.82, 2.24) is 4.90 Å². The van der Waals surface area contributed by atoms with Crippen LogP contribution < -0.4 is 0 Å². The third-order valence-corrected chi connectivity index (χ3v) is 8.04. The van der Waals surface area contributed by atoms with E-state index in [-0.39, 0.29) is 23.7 Å². The van der Waals surface area contributed by atoms with Crippen LogP contribution in [0.3, 0.4) is 0 Å². The Morgan fingerprint density at radius 1 is 1.29 bits per heavy atom. The fraction of sp³-hybridized carbons (Fsp3) is 0.684. The predicted molar refractivity (Wildman–Crippen MR) is 100 cm³/mol. The van der Waals surface area contributed by atoms with Crippen molar-refractivity contribution in [1.29, 1.82) is 0 Å². The molecule has 154 valence electrons. The Hall–Kier alpha value is -1.77. The van der Waals surface area contributed by atoms with Gasteiger partial charge in [-0.1, -0.05) is 5.16 Å². The van der Waals surface area contributed by atoms with E-state index >= 15 is 0 Å². The van der Waals surface area contributed by atoms with E-state index in [2.05, 4.69) is 10.1 Å². The highest BCUT2D eigenvalue weighted by Gasteiger charge is 2.83. The number of hydrogen-bond acceptors (Lipinski definition) is 8. The summed E-state index contributed by atoms with van der Waals surface area (Å²) in [7, 11) is 6.39. The molecule has 1 heterocycles. The van der Waals surface area contributed by atoms with E-state index in [1.807, 2.05) is 7.05 Å². The Morgan fingerprint density at radius 3 is 2.54 bits per heavy atom. The van der Waals surface area contributed by atoms with Crippen LogP contribution in [-0.2, 0) is 19.0 Å². The first-order chi connectivity index (χ1) is 13.3. The summed E-state index contributed by atoms with van der Waals surface area (Å²) in [5.41, 5.74) is -2.66. The molecule has 0 aromatic carbocycles. The van der Waals surface area contributed by atoms with Crippen molar-refractivity contribution in [3.05, 3.63) is 23.4 Å².